The molecule has 0 aliphatic carbocycles. The van der Waals surface area contributed by atoms with Crippen LogP contribution in [0.3, 0.4) is 0 Å². The van der Waals surface area contributed by atoms with Gasteiger partial charge in [-0.1, -0.05) is 213 Å². The number of carbonyl (C=O) groups is 3. The van der Waals surface area contributed by atoms with E-state index in [1.807, 2.05) is 45.0 Å². The molecule has 1 unspecified atom stereocenters. The SMILES string of the molecule is CCCCCCCCCCCCCCCC(=O)OCC(COCc1ccc(C(=O)C(C)(C)C)cc1)OC(=O)CCCCCCCCCCCCCCC. The summed E-state index contributed by atoms with van der Waals surface area (Å²) in [5.74, 6) is -0.412. The number of Topliss-reactive ketones (excluding diaryl/α,β-unsaturated/α-hetero) is 1. The van der Waals surface area contributed by atoms with Crippen molar-refractivity contribution >= 4 is 17.7 Å². The Balaban J connectivity index is 2.37. The molecule has 1 rings (SSSR count). The van der Waals surface area contributed by atoms with Crippen molar-refractivity contribution in [2.24, 2.45) is 5.41 Å². The number of rotatable bonds is 36. The average molecular weight is 743 g/mol. The molecule has 0 bridgehead atoms. The predicted octanol–water partition coefficient (Wildman–Crippen LogP) is 13.8. The second kappa shape index (κ2) is 33.2. The van der Waals surface area contributed by atoms with Gasteiger partial charge in [-0.25, -0.2) is 0 Å². The lowest BCUT2D eigenvalue weighted by molar-refractivity contribution is -0.163. The minimum atomic E-state index is -0.651. The summed E-state index contributed by atoms with van der Waals surface area (Å²) in [6.07, 6.45) is 32.8. The van der Waals surface area contributed by atoms with Gasteiger partial charge < -0.3 is 14.2 Å². The maximum atomic E-state index is 12.8. The lowest BCUT2D eigenvalue weighted by atomic mass is 9.86. The van der Waals surface area contributed by atoms with Gasteiger partial charge >= 0.3 is 11.9 Å². The summed E-state index contributed by atoms with van der Waals surface area (Å²) in [7, 11) is 0. The highest BCUT2D eigenvalue weighted by Crippen LogP contribution is 2.21. The zero-order chi connectivity index (χ0) is 38.8. The van der Waals surface area contributed by atoms with Crippen molar-refractivity contribution < 1.29 is 28.6 Å². The molecule has 6 nitrogen and oxygen atoms in total. The summed E-state index contributed by atoms with van der Waals surface area (Å²) in [4.78, 5) is 37.9. The van der Waals surface area contributed by atoms with E-state index >= 15 is 0 Å². The molecule has 6 heteroatoms. The van der Waals surface area contributed by atoms with E-state index in [1.165, 1.54) is 128 Å². The molecule has 1 aromatic rings. The van der Waals surface area contributed by atoms with Gasteiger partial charge in [0.2, 0.25) is 0 Å². The number of unbranched alkanes of at least 4 members (excludes halogenated alkanes) is 24. The minimum absolute atomic E-state index is 0.000639. The van der Waals surface area contributed by atoms with Crippen LogP contribution in [0.4, 0.5) is 0 Å². The molecule has 0 saturated carbocycles. The van der Waals surface area contributed by atoms with Gasteiger partial charge in [-0.15, -0.1) is 0 Å². The number of esters is 2. The van der Waals surface area contributed by atoms with Crippen LogP contribution in [0.1, 0.15) is 230 Å². The van der Waals surface area contributed by atoms with Gasteiger partial charge in [0, 0.05) is 23.8 Å². The van der Waals surface area contributed by atoms with Gasteiger partial charge in [0.1, 0.15) is 6.61 Å². The standard InChI is InChI=1S/C47H82O6/c1-6-8-10-12-14-16-18-20-22-24-26-28-30-32-44(48)52-40-43(39-51-38-41-34-36-42(37-35-41)46(50)47(3,4)5)53-45(49)33-31-29-27-25-23-21-19-17-15-13-11-9-7-2/h34-37,43H,6-33,38-40H2,1-5H3. The number of ether oxygens (including phenoxy) is 3. The van der Waals surface area contributed by atoms with E-state index in [0.29, 0.717) is 25.0 Å². The Morgan fingerprint density at radius 3 is 1.28 bits per heavy atom. The lowest BCUT2D eigenvalue weighted by Gasteiger charge is -2.19. The molecule has 53 heavy (non-hydrogen) atoms. The molecule has 306 valence electrons. The van der Waals surface area contributed by atoms with Crippen molar-refractivity contribution in [3.8, 4) is 0 Å². The Hall–Kier alpha value is -2.21. The predicted molar refractivity (Wildman–Crippen MR) is 221 cm³/mol. The average Bonchev–Trinajstić information content (AvgIpc) is 3.14. The first-order valence-electron chi connectivity index (χ1n) is 22.2. The highest BCUT2D eigenvalue weighted by atomic mass is 16.6. The summed E-state index contributed by atoms with van der Waals surface area (Å²) < 4.78 is 17.3. The summed E-state index contributed by atoms with van der Waals surface area (Å²) in [5.41, 5.74) is 1.16. The van der Waals surface area contributed by atoms with E-state index < -0.39 is 11.5 Å². The normalized spacial score (nSPS) is 12.2. The Morgan fingerprint density at radius 1 is 0.509 bits per heavy atom. The molecule has 0 amide bonds. The van der Waals surface area contributed by atoms with E-state index in [0.717, 1.165) is 44.1 Å². The van der Waals surface area contributed by atoms with Crippen molar-refractivity contribution in [2.45, 2.75) is 227 Å². The molecule has 1 aromatic carbocycles. The molecule has 0 fully saturated rings. The maximum absolute atomic E-state index is 12.8. The zero-order valence-corrected chi connectivity index (χ0v) is 35.3. The van der Waals surface area contributed by atoms with Crippen molar-refractivity contribution in [3.05, 3.63) is 35.4 Å². The minimum Gasteiger partial charge on any atom is -0.462 e. The van der Waals surface area contributed by atoms with Gasteiger partial charge in [0.25, 0.3) is 0 Å². The molecular weight excluding hydrogens is 661 g/mol. The largest absolute Gasteiger partial charge is 0.462 e. The molecule has 0 heterocycles. The fourth-order valence-corrected chi connectivity index (χ4v) is 6.69. The second-order valence-corrected chi connectivity index (χ2v) is 16.6. The van der Waals surface area contributed by atoms with Crippen LogP contribution >= 0.6 is 0 Å². The van der Waals surface area contributed by atoms with Crippen LogP contribution in [-0.4, -0.2) is 37.0 Å². The topological polar surface area (TPSA) is 78.9 Å². The van der Waals surface area contributed by atoms with Crippen LogP contribution in [0, 0.1) is 5.41 Å². The smallest absolute Gasteiger partial charge is 0.306 e. The van der Waals surface area contributed by atoms with E-state index in [2.05, 4.69) is 13.8 Å². The van der Waals surface area contributed by atoms with Crippen LogP contribution in [0.15, 0.2) is 24.3 Å². The Bertz CT molecular complexity index is 1030. The van der Waals surface area contributed by atoms with Crippen molar-refractivity contribution in [1.82, 2.24) is 0 Å². The Kier molecular flexibility index (Phi) is 30.5. The van der Waals surface area contributed by atoms with E-state index in [4.69, 9.17) is 14.2 Å². The third-order valence-corrected chi connectivity index (χ3v) is 10.2. The van der Waals surface area contributed by atoms with Gasteiger partial charge in [0.05, 0.1) is 13.2 Å². The number of hydrogen-bond donors (Lipinski definition) is 0. The molecule has 0 saturated heterocycles. The number of carbonyl (C=O) groups excluding carboxylic acids is 3. The quantitative estimate of drug-likeness (QED) is 0.0387. The van der Waals surface area contributed by atoms with Crippen LogP contribution in [0.5, 0.6) is 0 Å². The first-order chi connectivity index (χ1) is 25.7. The molecule has 0 spiro atoms. The van der Waals surface area contributed by atoms with Gasteiger partial charge in [-0.3, -0.25) is 14.4 Å². The second-order valence-electron chi connectivity index (χ2n) is 16.6. The molecular formula is C47H82O6. The highest BCUT2D eigenvalue weighted by Gasteiger charge is 2.23. The molecule has 1 atom stereocenters. The van der Waals surface area contributed by atoms with Gasteiger partial charge in [-0.2, -0.15) is 0 Å². The van der Waals surface area contributed by atoms with Crippen molar-refractivity contribution in [3.63, 3.8) is 0 Å². The Labute approximate surface area is 326 Å². The fraction of sp³-hybridized carbons (Fsp3) is 0.809. The molecule has 0 aromatic heterocycles. The van der Waals surface area contributed by atoms with E-state index in [9.17, 15) is 14.4 Å². The van der Waals surface area contributed by atoms with Crippen molar-refractivity contribution in [2.75, 3.05) is 13.2 Å². The highest BCUT2D eigenvalue weighted by molar-refractivity contribution is 5.99. The summed E-state index contributed by atoms with van der Waals surface area (Å²) in [5, 5.41) is 0. The van der Waals surface area contributed by atoms with Crippen LogP contribution < -0.4 is 0 Å². The van der Waals surface area contributed by atoms with Crippen LogP contribution in [-0.2, 0) is 30.4 Å². The van der Waals surface area contributed by atoms with E-state index in [-0.39, 0.29) is 30.9 Å². The Morgan fingerprint density at radius 2 is 0.887 bits per heavy atom. The molecule has 0 aliphatic rings. The first-order valence-corrected chi connectivity index (χ1v) is 22.2. The summed E-state index contributed by atoms with van der Waals surface area (Å²) in [6.45, 7) is 10.7. The molecule has 0 radical (unpaired) electrons. The van der Waals surface area contributed by atoms with Crippen LogP contribution in [0.25, 0.3) is 0 Å². The third-order valence-electron chi connectivity index (χ3n) is 10.2. The van der Waals surface area contributed by atoms with Gasteiger partial charge in [-0.05, 0) is 18.4 Å². The number of hydrogen-bond acceptors (Lipinski definition) is 6. The van der Waals surface area contributed by atoms with Crippen molar-refractivity contribution in [1.29, 1.82) is 0 Å². The maximum Gasteiger partial charge on any atom is 0.306 e. The molecule has 0 N–H and O–H groups in total. The summed E-state index contributed by atoms with van der Waals surface area (Å²) >= 11 is 0. The zero-order valence-electron chi connectivity index (χ0n) is 35.3. The monoisotopic (exact) mass is 743 g/mol. The van der Waals surface area contributed by atoms with Crippen LogP contribution in [0.2, 0.25) is 0 Å². The van der Waals surface area contributed by atoms with Gasteiger partial charge in [0.15, 0.2) is 11.9 Å². The lowest BCUT2D eigenvalue weighted by Crippen LogP contribution is -2.29. The summed E-state index contributed by atoms with van der Waals surface area (Å²) in [6, 6.07) is 7.45. The van der Waals surface area contributed by atoms with E-state index in [1.54, 1.807) is 0 Å². The fourth-order valence-electron chi connectivity index (χ4n) is 6.69. The number of ketones is 1. The number of benzene rings is 1. The first kappa shape index (κ1) is 48.8. The third kappa shape index (κ3) is 28.8. The molecule has 0 aliphatic heterocycles.